The Morgan fingerprint density at radius 3 is 2.71 bits per heavy atom. The first-order chi connectivity index (χ1) is 16.5. The van der Waals surface area contributed by atoms with Gasteiger partial charge >= 0.3 is 6.09 Å². The molecule has 182 valence electrons. The number of hydrogen-bond acceptors (Lipinski definition) is 5. The first-order valence-corrected chi connectivity index (χ1v) is 13.2. The maximum absolute atomic E-state index is 13.0. The molecule has 7 rings (SSSR count). The van der Waals surface area contributed by atoms with Gasteiger partial charge in [0, 0.05) is 37.0 Å². The third-order valence-electron chi connectivity index (χ3n) is 10.1. The molecule has 5 atom stereocenters. The van der Waals surface area contributed by atoms with E-state index in [1.807, 2.05) is 11.0 Å². The number of amides is 2. The zero-order valence-corrected chi connectivity index (χ0v) is 20.1. The van der Waals surface area contributed by atoms with Crippen LogP contribution in [0.5, 0.6) is 0 Å². The topological polar surface area (TPSA) is 62.1 Å². The fraction of sp³-hybridized carbons (Fsp3) is 0.704. The van der Waals surface area contributed by atoms with Crippen molar-refractivity contribution < 1.29 is 19.1 Å². The first kappa shape index (κ1) is 21.2. The molecule has 4 heterocycles. The van der Waals surface area contributed by atoms with Crippen LogP contribution in [0.2, 0.25) is 0 Å². The number of carbonyl (C=O) groups is 2. The van der Waals surface area contributed by atoms with Crippen LogP contribution in [0.3, 0.4) is 0 Å². The van der Waals surface area contributed by atoms with E-state index >= 15 is 0 Å². The summed E-state index contributed by atoms with van der Waals surface area (Å²) in [6.45, 7) is 5.89. The summed E-state index contributed by atoms with van der Waals surface area (Å²) >= 11 is 0. The van der Waals surface area contributed by atoms with Crippen molar-refractivity contribution in [3.05, 3.63) is 29.8 Å². The van der Waals surface area contributed by atoms with Crippen LogP contribution >= 0.6 is 0 Å². The van der Waals surface area contributed by atoms with Crippen molar-refractivity contribution in [1.29, 1.82) is 0 Å². The molecule has 1 aromatic rings. The van der Waals surface area contributed by atoms with Crippen LogP contribution in [0.25, 0.3) is 0 Å². The molecular weight excluding hydrogens is 430 g/mol. The first-order valence-electron chi connectivity index (χ1n) is 13.2. The number of likely N-dealkylation sites (tertiary alicyclic amines) is 2. The number of carbonyl (C=O) groups excluding carboxylic acids is 2. The van der Waals surface area contributed by atoms with E-state index in [9.17, 15) is 9.59 Å². The van der Waals surface area contributed by atoms with Crippen molar-refractivity contribution in [3.8, 4) is 0 Å². The van der Waals surface area contributed by atoms with Crippen LogP contribution < -0.4 is 4.90 Å². The van der Waals surface area contributed by atoms with Gasteiger partial charge in [0.2, 0.25) is 5.91 Å². The van der Waals surface area contributed by atoms with Gasteiger partial charge in [-0.1, -0.05) is 18.2 Å². The molecule has 0 aromatic heterocycles. The van der Waals surface area contributed by atoms with Gasteiger partial charge in [-0.25, -0.2) is 4.79 Å². The third-order valence-corrected chi connectivity index (χ3v) is 10.1. The Labute approximate surface area is 201 Å². The number of rotatable bonds is 2. The van der Waals surface area contributed by atoms with Gasteiger partial charge in [0.25, 0.3) is 0 Å². The van der Waals surface area contributed by atoms with E-state index in [1.54, 1.807) is 6.92 Å². The molecular formula is C27H35N3O4. The summed E-state index contributed by atoms with van der Waals surface area (Å²) in [7, 11) is 0. The molecule has 0 bridgehead atoms. The van der Waals surface area contributed by atoms with Crippen molar-refractivity contribution in [2.75, 3.05) is 37.7 Å². The zero-order chi connectivity index (χ0) is 23.1. The number of nitrogens with zero attached hydrogens (tertiary/aromatic N) is 3. The van der Waals surface area contributed by atoms with Gasteiger partial charge in [0.1, 0.15) is 6.10 Å². The number of ether oxygens (including phenoxy) is 2. The van der Waals surface area contributed by atoms with Crippen molar-refractivity contribution in [2.45, 2.75) is 81.0 Å². The van der Waals surface area contributed by atoms with E-state index < -0.39 is 0 Å². The molecule has 5 fully saturated rings. The second-order valence-electron chi connectivity index (χ2n) is 11.6. The minimum Gasteiger partial charge on any atom is -0.444 e. The Bertz CT molecular complexity index is 1010. The molecule has 0 radical (unpaired) electrons. The molecule has 7 heteroatoms. The number of para-hydroxylation sites is 1. The number of piperidine rings is 2. The average molecular weight is 466 g/mol. The highest BCUT2D eigenvalue weighted by Gasteiger charge is 2.75. The van der Waals surface area contributed by atoms with Gasteiger partial charge in [-0.05, 0) is 69.2 Å². The van der Waals surface area contributed by atoms with Gasteiger partial charge in [-0.2, -0.15) is 0 Å². The largest absolute Gasteiger partial charge is 0.444 e. The minimum absolute atomic E-state index is 0.0573. The lowest BCUT2D eigenvalue weighted by molar-refractivity contribution is -0.116. The van der Waals surface area contributed by atoms with Gasteiger partial charge in [0.15, 0.2) is 0 Å². The Kier molecular flexibility index (Phi) is 4.64. The SMILES string of the molecule is CC(=O)N1CC2(CCN(C3CC4CCC5N(C(=O)O[C@H]6CCOC6)C45C3)CC2)c2ccccc21. The minimum atomic E-state index is -0.102. The summed E-state index contributed by atoms with van der Waals surface area (Å²) in [4.78, 5) is 32.1. The summed E-state index contributed by atoms with van der Waals surface area (Å²) in [6.07, 6.45) is 7.53. The zero-order valence-electron chi connectivity index (χ0n) is 20.1. The quantitative estimate of drug-likeness (QED) is 0.627. The fourth-order valence-corrected chi connectivity index (χ4v) is 8.42. The summed E-state index contributed by atoms with van der Waals surface area (Å²) in [6, 6.07) is 9.45. The van der Waals surface area contributed by atoms with E-state index in [0.29, 0.717) is 31.2 Å². The van der Waals surface area contributed by atoms with Crippen molar-refractivity contribution in [3.63, 3.8) is 0 Å². The van der Waals surface area contributed by atoms with E-state index in [-0.39, 0.29) is 29.1 Å². The molecule has 2 saturated carbocycles. The van der Waals surface area contributed by atoms with Gasteiger partial charge in [-0.15, -0.1) is 0 Å². The maximum atomic E-state index is 13.0. The third kappa shape index (κ3) is 2.89. The molecule has 2 spiro atoms. The Hall–Kier alpha value is -2.12. The predicted molar refractivity (Wildman–Crippen MR) is 127 cm³/mol. The van der Waals surface area contributed by atoms with Crippen LogP contribution in [0.15, 0.2) is 24.3 Å². The molecule has 7 nitrogen and oxygen atoms in total. The normalized spacial score (nSPS) is 37.6. The lowest BCUT2D eigenvalue weighted by atomic mass is 9.74. The fourth-order valence-electron chi connectivity index (χ4n) is 8.42. The van der Waals surface area contributed by atoms with E-state index in [1.165, 1.54) is 18.4 Å². The van der Waals surface area contributed by atoms with E-state index in [2.05, 4.69) is 28.0 Å². The van der Waals surface area contributed by atoms with Crippen molar-refractivity contribution in [1.82, 2.24) is 9.80 Å². The van der Waals surface area contributed by atoms with Gasteiger partial charge in [-0.3, -0.25) is 9.69 Å². The predicted octanol–water partition coefficient (Wildman–Crippen LogP) is 3.31. The Morgan fingerprint density at radius 2 is 1.94 bits per heavy atom. The maximum Gasteiger partial charge on any atom is 0.411 e. The Morgan fingerprint density at radius 1 is 1.12 bits per heavy atom. The summed E-state index contributed by atoms with van der Waals surface area (Å²) < 4.78 is 11.2. The van der Waals surface area contributed by atoms with Crippen LogP contribution in [0, 0.1) is 5.92 Å². The second-order valence-corrected chi connectivity index (χ2v) is 11.6. The summed E-state index contributed by atoms with van der Waals surface area (Å²) in [5.41, 5.74) is 2.62. The number of benzene rings is 1. The standard InChI is InChI=1S/C27H35N3O4/c1-18(31)29-17-26(22-4-2-3-5-23(22)29)9-11-28(12-10-26)20-14-19-6-7-24-27(19,15-20)30(24)25(32)34-21-8-13-33-16-21/h2-5,19-21,24H,6-17H2,1H3/t19?,20?,21-,24?,27?,30?/m0/s1. The lowest BCUT2D eigenvalue weighted by Crippen LogP contribution is -2.48. The van der Waals surface area contributed by atoms with Crippen molar-refractivity contribution >= 4 is 17.7 Å². The van der Waals surface area contributed by atoms with Crippen molar-refractivity contribution in [2.24, 2.45) is 5.92 Å². The highest BCUT2D eigenvalue weighted by atomic mass is 16.6. The molecule has 0 N–H and O–H groups in total. The molecule has 1 aromatic carbocycles. The molecule has 34 heavy (non-hydrogen) atoms. The summed E-state index contributed by atoms with van der Waals surface area (Å²) in [5.74, 6) is 0.761. The average Bonchev–Trinajstić information content (AvgIpc) is 3.35. The molecule has 4 aliphatic heterocycles. The highest BCUT2D eigenvalue weighted by molar-refractivity contribution is 5.94. The van der Waals surface area contributed by atoms with Gasteiger partial charge in [0.05, 0.1) is 24.8 Å². The van der Waals surface area contributed by atoms with Crippen LogP contribution in [0.4, 0.5) is 10.5 Å². The lowest BCUT2D eigenvalue weighted by Gasteiger charge is -2.42. The molecule has 4 unspecified atom stereocenters. The molecule has 2 amide bonds. The number of fused-ring (bicyclic) bond motifs is 2. The number of hydrogen-bond donors (Lipinski definition) is 0. The Balaban J connectivity index is 1.03. The second kappa shape index (κ2) is 7.44. The molecule has 6 aliphatic rings. The number of anilines is 1. The monoisotopic (exact) mass is 465 g/mol. The van der Waals surface area contributed by atoms with E-state index in [0.717, 1.165) is 57.4 Å². The summed E-state index contributed by atoms with van der Waals surface area (Å²) in [5, 5.41) is 0. The van der Waals surface area contributed by atoms with E-state index in [4.69, 9.17) is 9.47 Å². The molecule has 3 saturated heterocycles. The van der Waals surface area contributed by atoms with Crippen LogP contribution in [-0.2, 0) is 19.7 Å². The van der Waals surface area contributed by atoms with Crippen LogP contribution in [-0.4, -0.2) is 78.4 Å². The van der Waals surface area contributed by atoms with Gasteiger partial charge < -0.3 is 19.3 Å². The van der Waals surface area contributed by atoms with Crippen LogP contribution in [0.1, 0.15) is 57.4 Å². The molecule has 2 aliphatic carbocycles. The smallest absolute Gasteiger partial charge is 0.411 e. The highest BCUT2D eigenvalue weighted by Crippen LogP contribution is 2.65.